The van der Waals surface area contributed by atoms with Crippen LogP contribution in [0.4, 0.5) is 0 Å². The SMILES string of the molecule is O=C(O)C1CCN(CCN2C(=O)CCC2=O)C1. The quantitative estimate of drug-likeness (QED) is 0.673. The van der Waals surface area contributed by atoms with Gasteiger partial charge in [0.2, 0.25) is 11.8 Å². The molecule has 0 radical (unpaired) electrons. The highest BCUT2D eigenvalue weighted by atomic mass is 16.4. The van der Waals surface area contributed by atoms with Gasteiger partial charge in [0.1, 0.15) is 0 Å². The van der Waals surface area contributed by atoms with Gasteiger partial charge in [0.05, 0.1) is 5.92 Å². The molecule has 17 heavy (non-hydrogen) atoms. The molecule has 0 aliphatic carbocycles. The molecular weight excluding hydrogens is 224 g/mol. The lowest BCUT2D eigenvalue weighted by Gasteiger charge is -2.19. The summed E-state index contributed by atoms with van der Waals surface area (Å²) >= 11 is 0. The predicted octanol–water partition coefficient (Wildman–Crippen LogP) is -0.458. The third-order valence-corrected chi connectivity index (χ3v) is 3.42. The van der Waals surface area contributed by atoms with Crippen molar-refractivity contribution in [2.24, 2.45) is 5.92 Å². The Morgan fingerprint density at radius 3 is 2.41 bits per heavy atom. The van der Waals surface area contributed by atoms with Gasteiger partial charge in [-0.25, -0.2) is 0 Å². The van der Waals surface area contributed by atoms with Crippen LogP contribution < -0.4 is 0 Å². The molecule has 94 valence electrons. The summed E-state index contributed by atoms with van der Waals surface area (Å²) in [5.74, 6) is -1.28. The van der Waals surface area contributed by atoms with Crippen LogP contribution in [-0.4, -0.2) is 58.9 Å². The molecule has 1 N–H and O–H groups in total. The van der Waals surface area contributed by atoms with E-state index in [1.54, 1.807) is 0 Å². The Labute approximate surface area is 99.2 Å². The zero-order chi connectivity index (χ0) is 12.4. The van der Waals surface area contributed by atoms with Gasteiger partial charge in [-0.3, -0.25) is 19.3 Å². The van der Waals surface area contributed by atoms with Gasteiger partial charge in [-0.1, -0.05) is 0 Å². The van der Waals surface area contributed by atoms with Gasteiger partial charge in [-0.05, 0) is 13.0 Å². The van der Waals surface area contributed by atoms with E-state index in [1.807, 2.05) is 4.90 Å². The number of aliphatic carboxylic acids is 1. The Bertz CT molecular complexity index is 339. The molecule has 0 saturated carbocycles. The normalized spacial score (nSPS) is 25.9. The Balaban J connectivity index is 1.78. The van der Waals surface area contributed by atoms with Crippen molar-refractivity contribution in [1.82, 2.24) is 9.80 Å². The predicted molar refractivity (Wildman–Crippen MR) is 58.1 cm³/mol. The Hall–Kier alpha value is -1.43. The lowest BCUT2D eigenvalue weighted by atomic mass is 10.1. The van der Waals surface area contributed by atoms with E-state index in [0.29, 0.717) is 38.9 Å². The molecule has 6 heteroatoms. The summed E-state index contributed by atoms with van der Waals surface area (Å²) in [6.07, 6.45) is 1.28. The minimum Gasteiger partial charge on any atom is -0.481 e. The molecular formula is C11H16N2O4. The minimum absolute atomic E-state index is 0.107. The van der Waals surface area contributed by atoms with Crippen molar-refractivity contribution in [1.29, 1.82) is 0 Å². The number of carbonyl (C=O) groups excluding carboxylic acids is 2. The first-order valence-corrected chi connectivity index (χ1v) is 5.86. The van der Waals surface area contributed by atoms with Crippen molar-refractivity contribution in [2.45, 2.75) is 19.3 Å². The molecule has 0 spiro atoms. The molecule has 0 aromatic rings. The number of hydrogen-bond acceptors (Lipinski definition) is 4. The number of rotatable bonds is 4. The number of carboxylic acid groups (broad SMARTS) is 1. The first kappa shape index (κ1) is 12.0. The summed E-state index contributed by atoms with van der Waals surface area (Å²) in [5, 5.41) is 8.85. The maximum absolute atomic E-state index is 11.4. The van der Waals surface area contributed by atoms with E-state index in [2.05, 4.69) is 0 Å². The van der Waals surface area contributed by atoms with Crippen molar-refractivity contribution >= 4 is 17.8 Å². The van der Waals surface area contributed by atoms with Gasteiger partial charge in [0.25, 0.3) is 0 Å². The van der Waals surface area contributed by atoms with Crippen molar-refractivity contribution in [2.75, 3.05) is 26.2 Å². The Kier molecular flexibility index (Phi) is 3.42. The van der Waals surface area contributed by atoms with Crippen molar-refractivity contribution < 1.29 is 19.5 Å². The van der Waals surface area contributed by atoms with Crippen LogP contribution in [0.25, 0.3) is 0 Å². The number of amides is 2. The summed E-state index contributed by atoms with van der Waals surface area (Å²) < 4.78 is 0. The van der Waals surface area contributed by atoms with E-state index in [9.17, 15) is 14.4 Å². The van der Waals surface area contributed by atoms with Crippen LogP contribution in [0.15, 0.2) is 0 Å². The van der Waals surface area contributed by atoms with Gasteiger partial charge >= 0.3 is 5.97 Å². The fourth-order valence-corrected chi connectivity index (χ4v) is 2.35. The van der Waals surface area contributed by atoms with Gasteiger partial charge in [-0.2, -0.15) is 0 Å². The maximum Gasteiger partial charge on any atom is 0.307 e. The topological polar surface area (TPSA) is 77.9 Å². The summed E-state index contributed by atoms with van der Waals surface area (Å²) in [4.78, 5) is 36.8. The molecule has 2 saturated heterocycles. The fraction of sp³-hybridized carbons (Fsp3) is 0.727. The molecule has 6 nitrogen and oxygen atoms in total. The molecule has 2 aliphatic heterocycles. The molecule has 2 amide bonds. The van der Waals surface area contributed by atoms with E-state index in [4.69, 9.17) is 5.11 Å². The summed E-state index contributed by atoms with van der Waals surface area (Å²) in [6, 6.07) is 0. The monoisotopic (exact) mass is 240 g/mol. The minimum atomic E-state index is -0.763. The van der Waals surface area contributed by atoms with Crippen LogP contribution in [-0.2, 0) is 14.4 Å². The maximum atomic E-state index is 11.4. The first-order chi connectivity index (χ1) is 8.08. The number of imide groups is 1. The second-order valence-electron chi connectivity index (χ2n) is 4.56. The van der Waals surface area contributed by atoms with Crippen LogP contribution in [0, 0.1) is 5.92 Å². The van der Waals surface area contributed by atoms with Gasteiger partial charge < -0.3 is 10.0 Å². The van der Waals surface area contributed by atoms with Crippen LogP contribution in [0.1, 0.15) is 19.3 Å². The van der Waals surface area contributed by atoms with Crippen LogP contribution in [0.3, 0.4) is 0 Å². The zero-order valence-electron chi connectivity index (χ0n) is 9.59. The lowest BCUT2D eigenvalue weighted by molar-refractivity contribution is -0.142. The average molecular weight is 240 g/mol. The van der Waals surface area contributed by atoms with Gasteiger partial charge in [0, 0.05) is 32.5 Å². The molecule has 1 unspecified atom stereocenters. The Morgan fingerprint density at radius 1 is 1.24 bits per heavy atom. The largest absolute Gasteiger partial charge is 0.481 e. The third kappa shape index (κ3) is 2.63. The van der Waals surface area contributed by atoms with Crippen molar-refractivity contribution in [3.05, 3.63) is 0 Å². The highest BCUT2D eigenvalue weighted by Crippen LogP contribution is 2.17. The molecule has 2 heterocycles. The van der Waals surface area contributed by atoms with Gasteiger partial charge in [-0.15, -0.1) is 0 Å². The number of carbonyl (C=O) groups is 3. The smallest absolute Gasteiger partial charge is 0.307 e. The lowest BCUT2D eigenvalue weighted by Crippen LogP contribution is -2.37. The van der Waals surface area contributed by atoms with Crippen LogP contribution in [0.2, 0.25) is 0 Å². The van der Waals surface area contributed by atoms with E-state index in [0.717, 1.165) is 6.54 Å². The summed E-state index contributed by atoms with van der Waals surface area (Å²) in [6.45, 7) is 2.23. The van der Waals surface area contributed by atoms with E-state index >= 15 is 0 Å². The highest BCUT2D eigenvalue weighted by Gasteiger charge is 2.31. The Morgan fingerprint density at radius 2 is 1.88 bits per heavy atom. The molecule has 2 fully saturated rings. The summed E-state index contributed by atoms with van der Waals surface area (Å²) in [5.41, 5.74) is 0. The third-order valence-electron chi connectivity index (χ3n) is 3.42. The fourth-order valence-electron chi connectivity index (χ4n) is 2.35. The van der Waals surface area contributed by atoms with Crippen molar-refractivity contribution in [3.8, 4) is 0 Å². The molecule has 0 aromatic carbocycles. The highest BCUT2D eigenvalue weighted by molar-refractivity contribution is 6.01. The van der Waals surface area contributed by atoms with E-state index in [-0.39, 0.29) is 17.7 Å². The second-order valence-corrected chi connectivity index (χ2v) is 4.56. The number of likely N-dealkylation sites (tertiary alicyclic amines) is 2. The van der Waals surface area contributed by atoms with Crippen molar-refractivity contribution in [3.63, 3.8) is 0 Å². The number of carboxylic acids is 1. The summed E-state index contributed by atoms with van der Waals surface area (Å²) in [7, 11) is 0. The number of hydrogen-bond donors (Lipinski definition) is 1. The van der Waals surface area contributed by atoms with Crippen LogP contribution >= 0.6 is 0 Å². The van der Waals surface area contributed by atoms with E-state index < -0.39 is 5.97 Å². The second kappa shape index (κ2) is 4.83. The first-order valence-electron chi connectivity index (χ1n) is 5.86. The molecule has 0 bridgehead atoms. The molecule has 2 aliphatic rings. The number of nitrogens with zero attached hydrogens (tertiary/aromatic N) is 2. The average Bonchev–Trinajstić information content (AvgIpc) is 2.85. The standard InChI is InChI=1S/C11H16N2O4/c14-9-1-2-10(15)13(9)6-5-12-4-3-8(7-12)11(16)17/h8H,1-7H2,(H,16,17). The zero-order valence-corrected chi connectivity index (χ0v) is 9.59. The molecule has 1 atom stereocenters. The van der Waals surface area contributed by atoms with Crippen LogP contribution in [0.5, 0.6) is 0 Å². The molecule has 0 aromatic heterocycles. The van der Waals surface area contributed by atoms with E-state index in [1.165, 1.54) is 4.90 Å². The molecule has 2 rings (SSSR count). The van der Waals surface area contributed by atoms with Gasteiger partial charge in [0.15, 0.2) is 0 Å².